The van der Waals surface area contributed by atoms with Gasteiger partial charge >= 0.3 is 5.69 Å². The van der Waals surface area contributed by atoms with Crippen molar-refractivity contribution >= 4 is 22.8 Å². The van der Waals surface area contributed by atoms with E-state index in [-0.39, 0.29) is 0 Å². The number of aromatic amines is 1. The highest BCUT2D eigenvalue weighted by molar-refractivity contribution is 6.31. The van der Waals surface area contributed by atoms with Gasteiger partial charge in [0.05, 0.1) is 0 Å². The Bertz CT molecular complexity index is 981. The zero-order valence-corrected chi connectivity index (χ0v) is 12.5. The first-order valence-electron chi connectivity index (χ1n) is 6.32. The normalized spacial score (nSPS) is 11.2. The second-order valence-corrected chi connectivity index (χ2v) is 5.36. The molecule has 0 radical (unpaired) electrons. The van der Waals surface area contributed by atoms with Gasteiger partial charge < -0.3 is 4.57 Å². The van der Waals surface area contributed by atoms with Gasteiger partial charge in [0.1, 0.15) is 5.82 Å². The first-order chi connectivity index (χ1) is 9.90. The molecule has 1 N–H and O–H groups in total. The highest BCUT2D eigenvalue weighted by Crippen LogP contribution is 2.25. The van der Waals surface area contributed by atoms with Crippen molar-refractivity contribution in [3.05, 3.63) is 49.6 Å². The maximum atomic E-state index is 12.0. The van der Waals surface area contributed by atoms with E-state index in [1.165, 1.54) is 4.57 Å². The Hall–Kier alpha value is -2.34. The van der Waals surface area contributed by atoms with Crippen LogP contribution in [0.4, 0.5) is 0 Å². The van der Waals surface area contributed by atoms with E-state index >= 15 is 0 Å². The molecule has 2 aromatic heterocycles. The van der Waals surface area contributed by atoms with Gasteiger partial charge in [0.15, 0.2) is 11.2 Å². The van der Waals surface area contributed by atoms with Crippen LogP contribution in [-0.2, 0) is 14.1 Å². The number of rotatable bonds is 1. The monoisotopic (exact) mass is 304 g/mol. The van der Waals surface area contributed by atoms with E-state index in [4.69, 9.17) is 11.6 Å². The lowest BCUT2D eigenvalue weighted by molar-refractivity contribution is 0.829. The van der Waals surface area contributed by atoms with E-state index in [0.717, 1.165) is 11.1 Å². The van der Waals surface area contributed by atoms with Crippen molar-refractivity contribution in [3.63, 3.8) is 0 Å². The molecule has 108 valence electrons. The number of benzene rings is 1. The lowest BCUT2D eigenvalue weighted by Crippen LogP contribution is -2.29. The number of hydrogen-bond acceptors (Lipinski definition) is 3. The number of halogens is 1. The molecule has 0 spiro atoms. The molecule has 21 heavy (non-hydrogen) atoms. The van der Waals surface area contributed by atoms with Crippen LogP contribution in [0, 0.1) is 6.92 Å². The Labute approximate surface area is 124 Å². The molecule has 0 saturated carbocycles. The Morgan fingerprint density at radius 3 is 2.57 bits per heavy atom. The first-order valence-corrected chi connectivity index (χ1v) is 6.70. The van der Waals surface area contributed by atoms with E-state index in [1.807, 2.05) is 19.1 Å². The summed E-state index contributed by atoms with van der Waals surface area (Å²) in [6.07, 6.45) is 0. The summed E-state index contributed by atoms with van der Waals surface area (Å²) < 4.78 is 3.00. The molecule has 0 atom stereocenters. The maximum Gasteiger partial charge on any atom is 0.329 e. The largest absolute Gasteiger partial charge is 0.329 e. The summed E-state index contributed by atoms with van der Waals surface area (Å²) in [5, 5.41) is 0.669. The van der Waals surface area contributed by atoms with E-state index in [2.05, 4.69) is 9.97 Å². The van der Waals surface area contributed by atoms with E-state index in [0.29, 0.717) is 22.0 Å². The number of fused-ring (bicyclic) bond motifs is 1. The fourth-order valence-electron chi connectivity index (χ4n) is 2.35. The van der Waals surface area contributed by atoms with Gasteiger partial charge in [0, 0.05) is 24.7 Å². The molecule has 0 aliphatic rings. The SMILES string of the molecule is Cc1cc(-c2nc3c(c(=O)[nH]c(=O)n3C)n2C)ccc1Cl. The lowest BCUT2D eigenvalue weighted by Gasteiger charge is -2.04. The molecule has 0 fully saturated rings. The van der Waals surface area contributed by atoms with Crippen LogP contribution < -0.4 is 11.2 Å². The fourth-order valence-corrected chi connectivity index (χ4v) is 2.47. The molecular weight excluding hydrogens is 292 g/mol. The van der Waals surface area contributed by atoms with Gasteiger partial charge in [-0.1, -0.05) is 11.6 Å². The van der Waals surface area contributed by atoms with Crippen molar-refractivity contribution in [2.24, 2.45) is 14.1 Å². The van der Waals surface area contributed by atoms with E-state index in [1.54, 1.807) is 24.7 Å². The summed E-state index contributed by atoms with van der Waals surface area (Å²) in [4.78, 5) is 30.4. The number of aromatic nitrogens is 4. The Balaban J connectivity index is 2.39. The first kappa shape index (κ1) is 13.6. The van der Waals surface area contributed by atoms with Gasteiger partial charge in [-0.05, 0) is 30.7 Å². The Morgan fingerprint density at radius 2 is 1.90 bits per heavy atom. The zero-order valence-electron chi connectivity index (χ0n) is 11.8. The quantitative estimate of drug-likeness (QED) is 0.742. The Morgan fingerprint density at radius 1 is 1.19 bits per heavy atom. The van der Waals surface area contributed by atoms with Crippen LogP contribution in [0.2, 0.25) is 5.02 Å². The molecule has 3 rings (SSSR count). The minimum atomic E-state index is -0.482. The number of nitrogens with one attached hydrogen (secondary N) is 1. The molecule has 0 amide bonds. The molecule has 2 heterocycles. The van der Waals surface area contributed by atoms with E-state index in [9.17, 15) is 9.59 Å². The van der Waals surface area contributed by atoms with Gasteiger partial charge in [-0.2, -0.15) is 0 Å². The minimum absolute atomic E-state index is 0.355. The lowest BCUT2D eigenvalue weighted by atomic mass is 10.1. The number of imidazole rings is 1. The van der Waals surface area contributed by atoms with Crippen LogP contribution in [0.1, 0.15) is 5.56 Å². The van der Waals surface area contributed by atoms with Crippen molar-refractivity contribution in [2.45, 2.75) is 6.92 Å². The van der Waals surface area contributed by atoms with Crippen LogP contribution in [-0.4, -0.2) is 19.1 Å². The summed E-state index contributed by atoms with van der Waals surface area (Å²) in [5.41, 5.74) is 1.55. The number of aryl methyl sites for hydroxylation is 3. The van der Waals surface area contributed by atoms with Crippen LogP contribution in [0.15, 0.2) is 27.8 Å². The van der Waals surface area contributed by atoms with Crippen molar-refractivity contribution < 1.29 is 0 Å². The average molecular weight is 305 g/mol. The summed E-state index contributed by atoms with van der Waals surface area (Å²) in [5.74, 6) is 0.608. The van der Waals surface area contributed by atoms with Crippen molar-refractivity contribution in [2.75, 3.05) is 0 Å². The van der Waals surface area contributed by atoms with Gasteiger partial charge in [-0.3, -0.25) is 14.3 Å². The van der Waals surface area contributed by atoms with Crippen LogP contribution >= 0.6 is 11.6 Å². The zero-order chi connectivity index (χ0) is 15.3. The molecule has 3 aromatic rings. The predicted octanol–water partition coefficient (Wildman–Crippen LogP) is 1.59. The second-order valence-electron chi connectivity index (χ2n) is 4.95. The second kappa shape index (κ2) is 4.60. The third-order valence-electron chi connectivity index (χ3n) is 3.55. The highest BCUT2D eigenvalue weighted by atomic mass is 35.5. The smallest absolute Gasteiger partial charge is 0.321 e. The standard InChI is InChI=1S/C14H13ClN4O2/c1-7-6-8(4-5-9(7)15)11-16-12-10(18(11)2)13(20)17-14(21)19(12)3/h4-6H,1-3H3,(H,17,20,21). The summed E-state index contributed by atoms with van der Waals surface area (Å²) >= 11 is 6.03. The fraction of sp³-hybridized carbons (Fsp3) is 0.214. The van der Waals surface area contributed by atoms with Crippen molar-refractivity contribution in [3.8, 4) is 11.4 Å². The van der Waals surface area contributed by atoms with Crippen LogP contribution in [0.5, 0.6) is 0 Å². The van der Waals surface area contributed by atoms with Gasteiger partial charge in [-0.15, -0.1) is 0 Å². The Kier molecular flexibility index (Phi) is 2.98. The van der Waals surface area contributed by atoms with E-state index < -0.39 is 11.2 Å². The van der Waals surface area contributed by atoms with Gasteiger partial charge in [-0.25, -0.2) is 9.78 Å². The molecule has 0 aliphatic carbocycles. The van der Waals surface area contributed by atoms with Crippen molar-refractivity contribution in [1.82, 2.24) is 19.1 Å². The molecule has 0 bridgehead atoms. The third kappa shape index (κ3) is 1.99. The number of nitrogens with zero attached hydrogens (tertiary/aromatic N) is 3. The number of H-pyrrole nitrogens is 1. The maximum absolute atomic E-state index is 12.0. The van der Waals surface area contributed by atoms with Gasteiger partial charge in [0.2, 0.25) is 0 Å². The molecule has 0 unspecified atom stereocenters. The van der Waals surface area contributed by atoms with Gasteiger partial charge in [0.25, 0.3) is 5.56 Å². The van der Waals surface area contributed by atoms with Crippen LogP contribution in [0.25, 0.3) is 22.6 Å². The molecular formula is C14H13ClN4O2. The topological polar surface area (TPSA) is 72.7 Å². The van der Waals surface area contributed by atoms with Crippen LogP contribution in [0.3, 0.4) is 0 Å². The molecule has 7 heteroatoms. The number of hydrogen-bond donors (Lipinski definition) is 1. The third-order valence-corrected chi connectivity index (χ3v) is 3.97. The molecule has 0 saturated heterocycles. The molecule has 6 nitrogen and oxygen atoms in total. The highest BCUT2D eigenvalue weighted by Gasteiger charge is 2.16. The minimum Gasteiger partial charge on any atom is -0.321 e. The summed E-state index contributed by atoms with van der Waals surface area (Å²) in [7, 11) is 3.32. The molecule has 0 aliphatic heterocycles. The van der Waals surface area contributed by atoms with Crippen molar-refractivity contribution in [1.29, 1.82) is 0 Å². The predicted molar refractivity (Wildman–Crippen MR) is 81.8 cm³/mol. The summed E-state index contributed by atoms with van der Waals surface area (Å²) in [6.45, 7) is 1.90. The molecule has 1 aromatic carbocycles. The average Bonchev–Trinajstić information content (AvgIpc) is 2.78. The summed E-state index contributed by atoms with van der Waals surface area (Å²) in [6, 6.07) is 5.52.